The number of hydrogen-bond donors (Lipinski definition) is 2. The molecular formula is C11H18N2O4S3. The predicted octanol–water partition coefficient (Wildman–Crippen LogP) is 1.28. The summed E-state index contributed by atoms with van der Waals surface area (Å²) in [6.07, 6.45) is 1.24. The molecule has 6 nitrogen and oxygen atoms in total. The normalized spacial score (nSPS) is 21.9. The summed E-state index contributed by atoms with van der Waals surface area (Å²) in [5, 5.41) is 5.11. The van der Waals surface area contributed by atoms with Crippen molar-refractivity contribution >= 4 is 36.9 Å². The molecule has 1 aromatic heterocycles. The highest BCUT2D eigenvalue weighted by Gasteiger charge is 2.37. The van der Waals surface area contributed by atoms with Gasteiger partial charge in [0.15, 0.2) is 14.0 Å². The third-order valence-corrected chi connectivity index (χ3v) is 8.42. The summed E-state index contributed by atoms with van der Waals surface area (Å²) in [6.45, 7) is 4.07. The van der Waals surface area contributed by atoms with Crippen LogP contribution in [0.2, 0.25) is 0 Å². The largest absolute Gasteiger partial charge is 0.397 e. The van der Waals surface area contributed by atoms with E-state index in [0.717, 1.165) is 6.42 Å². The SMILES string of the molecule is CC(C)CC1CCS(=O)(=O)c2sc(S(N)(=O)=O)c(N)c21. The lowest BCUT2D eigenvalue weighted by molar-refractivity contribution is 0.476. The molecule has 114 valence electrons. The van der Waals surface area contributed by atoms with Crippen LogP contribution in [-0.4, -0.2) is 22.6 Å². The fourth-order valence-electron chi connectivity index (χ4n) is 2.58. The number of thiophene rings is 1. The number of sulfonamides is 1. The molecule has 0 spiro atoms. The third-order valence-electron chi connectivity index (χ3n) is 3.36. The van der Waals surface area contributed by atoms with Gasteiger partial charge in [-0.3, -0.25) is 0 Å². The minimum Gasteiger partial charge on any atom is -0.397 e. The zero-order valence-corrected chi connectivity index (χ0v) is 13.7. The monoisotopic (exact) mass is 338 g/mol. The first kappa shape index (κ1) is 15.7. The Morgan fingerprint density at radius 2 is 2.00 bits per heavy atom. The van der Waals surface area contributed by atoms with E-state index in [2.05, 4.69) is 0 Å². The van der Waals surface area contributed by atoms with Crippen molar-refractivity contribution in [3.8, 4) is 0 Å². The van der Waals surface area contributed by atoms with Crippen LogP contribution in [0.3, 0.4) is 0 Å². The zero-order valence-electron chi connectivity index (χ0n) is 11.3. The van der Waals surface area contributed by atoms with Crippen LogP contribution < -0.4 is 10.9 Å². The van der Waals surface area contributed by atoms with Crippen molar-refractivity contribution in [2.45, 2.75) is 41.0 Å². The minimum absolute atomic E-state index is 0.0152. The predicted molar refractivity (Wildman–Crippen MR) is 79.0 cm³/mol. The number of anilines is 1. The van der Waals surface area contributed by atoms with E-state index < -0.39 is 19.9 Å². The number of primary sulfonamides is 1. The van der Waals surface area contributed by atoms with Crippen LogP contribution in [0.15, 0.2) is 8.42 Å². The molecule has 0 radical (unpaired) electrons. The molecule has 0 bridgehead atoms. The fraction of sp³-hybridized carbons (Fsp3) is 0.636. The molecule has 1 unspecified atom stereocenters. The maximum absolute atomic E-state index is 12.1. The summed E-state index contributed by atoms with van der Waals surface area (Å²) < 4.78 is 47.1. The lowest BCUT2D eigenvalue weighted by Crippen LogP contribution is -2.20. The summed E-state index contributed by atoms with van der Waals surface area (Å²) in [7, 11) is -7.45. The van der Waals surface area contributed by atoms with Gasteiger partial charge in [-0.2, -0.15) is 0 Å². The Balaban J connectivity index is 2.68. The Kier molecular flexibility index (Phi) is 3.91. The second-order valence-corrected chi connectivity index (χ2v) is 10.6. The Morgan fingerprint density at radius 1 is 1.40 bits per heavy atom. The van der Waals surface area contributed by atoms with Gasteiger partial charge in [0.05, 0.1) is 11.4 Å². The molecule has 1 atom stereocenters. The third kappa shape index (κ3) is 2.72. The van der Waals surface area contributed by atoms with Crippen molar-refractivity contribution in [3.05, 3.63) is 5.56 Å². The molecule has 9 heteroatoms. The summed E-state index contributed by atoms with van der Waals surface area (Å²) in [5.41, 5.74) is 6.36. The molecule has 2 heterocycles. The number of sulfone groups is 1. The van der Waals surface area contributed by atoms with E-state index in [1.165, 1.54) is 0 Å². The van der Waals surface area contributed by atoms with Gasteiger partial charge < -0.3 is 5.73 Å². The van der Waals surface area contributed by atoms with Crippen LogP contribution in [0.5, 0.6) is 0 Å². The summed E-state index contributed by atoms with van der Waals surface area (Å²) in [4.78, 5) is 0. The van der Waals surface area contributed by atoms with Gasteiger partial charge in [-0.25, -0.2) is 22.0 Å². The van der Waals surface area contributed by atoms with Crippen LogP contribution in [0.4, 0.5) is 5.69 Å². The Morgan fingerprint density at radius 3 is 2.50 bits per heavy atom. The van der Waals surface area contributed by atoms with E-state index in [1.54, 1.807) is 0 Å². The van der Waals surface area contributed by atoms with E-state index in [-0.39, 0.29) is 25.8 Å². The van der Waals surface area contributed by atoms with Crippen molar-refractivity contribution in [2.24, 2.45) is 11.1 Å². The second kappa shape index (κ2) is 4.97. The Labute approximate surface area is 123 Å². The lowest BCUT2D eigenvalue weighted by atomic mass is 9.89. The molecule has 0 amide bonds. The highest BCUT2D eigenvalue weighted by atomic mass is 32.3. The van der Waals surface area contributed by atoms with Crippen LogP contribution in [0, 0.1) is 5.92 Å². The Hall–Kier alpha value is -0.640. The number of nitrogens with two attached hydrogens (primary N) is 2. The van der Waals surface area contributed by atoms with Crippen molar-refractivity contribution in [1.29, 1.82) is 0 Å². The van der Waals surface area contributed by atoms with Crippen LogP contribution in [0.25, 0.3) is 0 Å². The van der Waals surface area contributed by atoms with Crippen molar-refractivity contribution in [2.75, 3.05) is 11.5 Å². The topological polar surface area (TPSA) is 120 Å². The van der Waals surface area contributed by atoms with Crippen molar-refractivity contribution in [3.63, 3.8) is 0 Å². The molecular weight excluding hydrogens is 320 g/mol. The number of nitrogen functional groups attached to an aromatic ring is 1. The molecule has 4 N–H and O–H groups in total. The van der Waals surface area contributed by atoms with E-state index in [0.29, 0.717) is 29.2 Å². The van der Waals surface area contributed by atoms with Gasteiger partial charge in [0, 0.05) is 5.56 Å². The van der Waals surface area contributed by atoms with Crippen molar-refractivity contribution < 1.29 is 16.8 Å². The molecule has 1 aliphatic heterocycles. The molecule has 0 aliphatic carbocycles. The zero-order chi connectivity index (χ0) is 15.3. The molecule has 0 fully saturated rings. The fourth-order valence-corrected chi connectivity index (χ4v) is 7.05. The first-order valence-corrected chi connectivity index (χ1v) is 10.2. The minimum atomic E-state index is -4.00. The second-order valence-electron chi connectivity index (χ2n) is 5.48. The van der Waals surface area contributed by atoms with E-state index in [1.807, 2.05) is 13.8 Å². The summed E-state index contributed by atoms with van der Waals surface area (Å²) >= 11 is 0.681. The smallest absolute Gasteiger partial charge is 0.249 e. The van der Waals surface area contributed by atoms with Gasteiger partial charge in [0.1, 0.15) is 4.21 Å². The highest BCUT2D eigenvalue weighted by Crippen LogP contribution is 2.47. The van der Waals surface area contributed by atoms with Crippen LogP contribution in [0.1, 0.15) is 38.2 Å². The van der Waals surface area contributed by atoms with Crippen LogP contribution in [-0.2, 0) is 19.9 Å². The molecule has 2 rings (SSSR count). The molecule has 1 aliphatic rings. The lowest BCUT2D eigenvalue weighted by Gasteiger charge is -2.24. The maximum Gasteiger partial charge on any atom is 0.249 e. The van der Waals surface area contributed by atoms with Gasteiger partial charge in [-0.15, -0.1) is 11.3 Å². The average Bonchev–Trinajstić information content (AvgIpc) is 2.61. The molecule has 1 aromatic rings. The number of fused-ring (bicyclic) bond motifs is 1. The number of rotatable bonds is 3. The first-order valence-electron chi connectivity index (χ1n) is 6.21. The summed E-state index contributed by atoms with van der Waals surface area (Å²) in [5.74, 6) is 0.368. The van der Waals surface area contributed by atoms with Gasteiger partial charge in [0.25, 0.3) is 0 Å². The molecule has 0 aromatic carbocycles. The average molecular weight is 338 g/mol. The summed E-state index contributed by atoms with van der Waals surface area (Å²) in [6, 6.07) is 0. The molecule has 0 saturated heterocycles. The van der Waals surface area contributed by atoms with E-state index in [4.69, 9.17) is 10.9 Å². The van der Waals surface area contributed by atoms with Crippen LogP contribution >= 0.6 is 11.3 Å². The van der Waals surface area contributed by atoms with Gasteiger partial charge in [-0.1, -0.05) is 13.8 Å². The quantitative estimate of drug-likeness (QED) is 0.860. The molecule has 20 heavy (non-hydrogen) atoms. The van der Waals surface area contributed by atoms with Crippen molar-refractivity contribution in [1.82, 2.24) is 0 Å². The van der Waals surface area contributed by atoms with E-state index >= 15 is 0 Å². The van der Waals surface area contributed by atoms with E-state index in [9.17, 15) is 16.8 Å². The Bertz CT molecular complexity index is 732. The first-order chi connectivity index (χ1) is 9.04. The maximum atomic E-state index is 12.1. The van der Waals surface area contributed by atoms with Gasteiger partial charge >= 0.3 is 0 Å². The van der Waals surface area contributed by atoms with Gasteiger partial charge in [0.2, 0.25) is 10.0 Å². The van der Waals surface area contributed by atoms with Gasteiger partial charge in [-0.05, 0) is 24.7 Å². The molecule has 0 saturated carbocycles. The number of hydrogen-bond acceptors (Lipinski definition) is 6. The standard InChI is InChI=1S/C11H18N2O4S3/c1-6(2)5-7-3-4-19(14,15)10-8(7)9(12)11(18-10)20(13,16)17/h6-7H,3-5,12H2,1-2H3,(H2,13,16,17). The highest BCUT2D eigenvalue weighted by molar-refractivity contribution is 7.95.